The minimum Gasteiger partial charge on any atom is -1.00 e. The second-order valence-corrected chi connectivity index (χ2v) is 3.51. The van der Waals surface area contributed by atoms with Gasteiger partial charge in [-0.25, -0.2) is 0 Å². The molecule has 0 spiro atoms. The number of halogens is 1. The Bertz CT molecular complexity index is 286. The van der Waals surface area contributed by atoms with Gasteiger partial charge in [-0.05, 0) is 30.5 Å². The van der Waals surface area contributed by atoms with Gasteiger partial charge in [0.05, 0.1) is 7.11 Å². The van der Waals surface area contributed by atoms with Crippen molar-refractivity contribution < 1.29 is 17.1 Å². The molecule has 0 aromatic heterocycles. The molecule has 78 valence electrons. The van der Waals surface area contributed by atoms with Gasteiger partial charge < -0.3 is 22.5 Å². The summed E-state index contributed by atoms with van der Waals surface area (Å²) in [5.74, 6) is 0.940. The summed E-state index contributed by atoms with van der Waals surface area (Å²) in [6.45, 7) is 0.960. The first-order chi connectivity index (χ1) is 6.38. The van der Waals surface area contributed by atoms with Gasteiger partial charge in [0.15, 0.2) is 0 Å². The van der Waals surface area contributed by atoms with Gasteiger partial charge in [0.25, 0.3) is 0 Å². The monoisotopic (exact) mass is 212 g/mol. The zero-order valence-electron chi connectivity index (χ0n) is 8.29. The second-order valence-electron chi connectivity index (χ2n) is 3.51. The Morgan fingerprint density at radius 3 is 2.86 bits per heavy atom. The van der Waals surface area contributed by atoms with Gasteiger partial charge in [0, 0.05) is 12.6 Å². The van der Waals surface area contributed by atoms with Crippen molar-refractivity contribution in [3.8, 4) is 5.75 Å². The molecule has 14 heavy (non-hydrogen) atoms. The van der Waals surface area contributed by atoms with Crippen LogP contribution in [0, 0.1) is 0 Å². The summed E-state index contributed by atoms with van der Waals surface area (Å²) in [6.07, 6.45) is 2.67. The fourth-order valence-electron chi connectivity index (χ4n) is 1.33. The summed E-state index contributed by atoms with van der Waals surface area (Å²) in [7, 11) is 1.70. The molecule has 0 unspecified atom stereocenters. The van der Waals surface area contributed by atoms with Gasteiger partial charge in [-0.1, -0.05) is 12.1 Å². The third kappa shape index (κ3) is 3.20. The van der Waals surface area contributed by atoms with E-state index in [1.807, 2.05) is 12.1 Å². The molecule has 2 rings (SSSR count). The number of methoxy groups -OCH3 is 1. The van der Waals surface area contributed by atoms with E-state index < -0.39 is 0 Å². The lowest BCUT2D eigenvalue weighted by Gasteiger charge is -2.04. The smallest absolute Gasteiger partial charge is 0.119 e. The molecule has 0 heterocycles. The Kier molecular flexibility index (Phi) is 4.23. The van der Waals surface area contributed by atoms with Crippen molar-refractivity contribution in [2.45, 2.75) is 25.4 Å². The molecule has 1 aromatic rings. The van der Waals surface area contributed by atoms with Crippen LogP contribution in [-0.2, 0) is 6.54 Å². The van der Waals surface area contributed by atoms with Crippen LogP contribution in [0.1, 0.15) is 18.4 Å². The van der Waals surface area contributed by atoms with E-state index in [1.165, 1.54) is 18.4 Å². The van der Waals surface area contributed by atoms with E-state index in [2.05, 4.69) is 17.4 Å². The van der Waals surface area contributed by atoms with Crippen molar-refractivity contribution in [3.05, 3.63) is 29.8 Å². The molecule has 1 aliphatic rings. The van der Waals surface area contributed by atoms with E-state index in [4.69, 9.17) is 4.74 Å². The highest BCUT2D eigenvalue weighted by atomic mass is 35.5. The highest BCUT2D eigenvalue weighted by Gasteiger charge is 2.19. The summed E-state index contributed by atoms with van der Waals surface area (Å²) in [4.78, 5) is 0. The minimum absolute atomic E-state index is 0. The van der Waals surface area contributed by atoms with Gasteiger partial charge >= 0.3 is 0 Å². The van der Waals surface area contributed by atoms with E-state index in [1.54, 1.807) is 7.11 Å². The molecule has 1 aromatic carbocycles. The maximum Gasteiger partial charge on any atom is 0.119 e. The average Bonchev–Trinajstić information content (AvgIpc) is 2.99. The fraction of sp³-hybridized carbons (Fsp3) is 0.455. The van der Waals surface area contributed by atoms with E-state index in [0.717, 1.165) is 18.3 Å². The van der Waals surface area contributed by atoms with Crippen molar-refractivity contribution in [2.24, 2.45) is 0 Å². The molecule has 3 heteroatoms. The van der Waals surface area contributed by atoms with Crippen molar-refractivity contribution in [1.82, 2.24) is 5.32 Å². The summed E-state index contributed by atoms with van der Waals surface area (Å²) in [6, 6.07) is 8.97. The van der Waals surface area contributed by atoms with E-state index >= 15 is 0 Å². The first-order valence-electron chi connectivity index (χ1n) is 4.75. The van der Waals surface area contributed by atoms with Gasteiger partial charge in [0.1, 0.15) is 5.75 Å². The quantitative estimate of drug-likeness (QED) is 0.688. The molecule has 0 saturated heterocycles. The number of benzene rings is 1. The molecular weight excluding hydrogens is 198 g/mol. The number of hydrogen-bond acceptors (Lipinski definition) is 2. The Morgan fingerprint density at radius 1 is 1.43 bits per heavy atom. The number of rotatable bonds is 4. The van der Waals surface area contributed by atoms with Crippen molar-refractivity contribution in [3.63, 3.8) is 0 Å². The molecule has 0 amide bonds. The largest absolute Gasteiger partial charge is 1.00 e. The highest BCUT2D eigenvalue weighted by Crippen LogP contribution is 2.20. The van der Waals surface area contributed by atoms with Crippen molar-refractivity contribution in [2.75, 3.05) is 7.11 Å². The lowest BCUT2D eigenvalue weighted by atomic mass is 10.2. The van der Waals surface area contributed by atoms with Crippen LogP contribution in [0.2, 0.25) is 0 Å². The molecule has 0 atom stereocenters. The lowest BCUT2D eigenvalue weighted by molar-refractivity contribution is -0.00000306. The molecule has 1 N–H and O–H groups in total. The molecule has 0 aliphatic heterocycles. The molecular formula is C11H15ClNO-. The third-order valence-electron chi connectivity index (χ3n) is 2.31. The Morgan fingerprint density at radius 2 is 2.21 bits per heavy atom. The molecule has 2 nitrogen and oxygen atoms in total. The first kappa shape index (κ1) is 11.3. The van der Waals surface area contributed by atoms with E-state index in [0.29, 0.717) is 0 Å². The van der Waals surface area contributed by atoms with Crippen molar-refractivity contribution in [1.29, 1.82) is 0 Å². The predicted molar refractivity (Wildman–Crippen MR) is 52.9 cm³/mol. The van der Waals surface area contributed by atoms with Crippen LogP contribution in [0.25, 0.3) is 0 Å². The van der Waals surface area contributed by atoms with Crippen LogP contribution >= 0.6 is 0 Å². The maximum absolute atomic E-state index is 5.15. The van der Waals surface area contributed by atoms with Gasteiger partial charge in [-0.15, -0.1) is 0 Å². The summed E-state index contributed by atoms with van der Waals surface area (Å²) >= 11 is 0. The van der Waals surface area contributed by atoms with E-state index in [9.17, 15) is 0 Å². The normalized spacial score (nSPS) is 14.6. The topological polar surface area (TPSA) is 21.3 Å². The van der Waals surface area contributed by atoms with Crippen LogP contribution in [0.4, 0.5) is 0 Å². The Hall–Kier alpha value is -0.730. The zero-order valence-corrected chi connectivity index (χ0v) is 9.05. The SMILES string of the molecule is COc1cccc(CNC2CC2)c1.[Cl-]. The molecule has 0 radical (unpaired) electrons. The van der Waals surface area contributed by atoms with Gasteiger partial charge in [-0.2, -0.15) is 0 Å². The van der Waals surface area contributed by atoms with Gasteiger partial charge in [0.2, 0.25) is 0 Å². The summed E-state index contributed by atoms with van der Waals surface area (Å²) in [5, 5.41) is 3.47. The van der Waals surface area contributed by atoms with Crippen LogP contribution in [0.3, 0.4) is 0 Å². The van der Waals surface area contributed by atoms with Crippen molar-refractivity contribution >= 4 is 0 Å². The maximum atomic E-state index is 5.15. The standard InChI is InChI=1S/C11H15NO.ClH/c1-13-11-4-2-3-9(7-11)8-12-10-5-6-10;/h2-4,7,10,12H,5-6,8H2,1H3;1H/p-1. The molecule has 1 saturated carbocycles. The first-order valence-corrected chi connectivity index (χ1v) is 4.75. The van der Waals surface area contributed by atoms with E-state index in [-0.39, 0.29) is 12.4 Å². The van der Waals surface area contributed by atoms with Crippen LogP contribution < -0.4 is 22.5 Å². The van der Waals surface area contributed by atoms with Crippen LogP contribution in [0.5, 0.6) is 5.75 Å². The fourth-order valence-corrected chi connectivity index (χ4v) is 1.33. The summed E-state index contributed by atoms with van der Waals surface area (Å²) in [5.41, 5.74) is 1.30. The molecule has 0 bridgehead atoms. The second kappa shape index (κ2) is 5.23. The lowest BCUT2D eigenvalue weighted by Crippen LogP contribution is -3.00. The number of ether oxygens (including phenoxy) is 1. The Labute approximate surface area is 91.1 Å². The summed E-state index contributed by atoms with van der Waals surface area (Å²) < 4.78 is 5.15. The number of hydrogen-bond donors (Lipinski definition) is 1. The third-order valence-corrected chi connectivity index (χ3v) is 2.31. The highest BCUT2D eigenvalue weighted by molar-refractivity contribution is 5.28. The van der Waals surface area contributed by atoms with Crippen LogP contribution in [-0.4, -0.2) is 13.2 Å². The molecule has 1 fully saturated rings. The number of nitrogens with one attached hydrogen (secondary N) is 1. The van der Waals surface area contributed by atoms with Crippen LogP contribution in [0.15, 0.2) is 24.3 Å². The Balaban J connectivity index is 0.000000980. The minimum atomic E-state index is 0. The molecule has 1 aliphatic carbocycles. The van der Waals surface area contributed by atoms with Gasteiger partial charge in [-0.3, -0.25) is 0 Å². The predicted octanol–water partition coefficient (Wildman–Crippen LogP) is -1.05. The average molecular weight is 213 g/mol. The zero-order chi connectivity index (χ0) is 9.10.